The topological polar surface area (TPSA) is 85.4 Å². The highest BCUT2D eigenvalue weighted by atomic mass is 16.3. The average molecular weight is 418 g/mol. The van der Waals surface area contributed by atoms with Gasteiger partial charge in [0.1, 0.15) is 0 Å². The number of aliphatic hydroxyl groups is 1. The second-order valence-electron chi connectivity index (χ2n) is 8.87. The van der Waals surface area contributed by atoms with Gasteiger partial charge in [-0.05, 0) is 55.0 Å². The van der Waals surface area contributed by atoms with Crippen molar-refractivity contribution in [3.05, 3.63) is 65.4 Å². The van der Waals surface area contributed by atoms with Gasteiger partial charge in [0.25, 0.3) is 5.91 Å². The van der Waals surface area contributed by atoms with Crippen molar-refractivity contribution < 1.29 is 14.7 Å². The highest BCUT2D eigenvalue weighted by Crippen LogP contribution is 2.41. The molecule has 0 spiro atoms. The molecule has 0 bridgehead atoms. The largest absolute Gasteiger partial charge is 0.393 e. The van der Waals surface area contributed by atoms with Gasteiger partial charge < -0.3 is 20.3 Å². The lowest BCUT2D eigenvalue weighted by molar-refractivity contribution is -0.116. The molecule has 3 aromatic rings. The number of H-pyrrole nitrogens is 1. The first kappa shape index (κ1) is 19.8. The number of aliphatic hydroxyl groups excluding tert-OH is 1. The number of benzene rings is 2. The summed E-state index contributed by atoms with van der Waals surface area (Å²) in [5.74, 6) is 0.544. The van der Waals surface area contributed by atoms with E-state index in [1.54, 1.807) is 6.07 Å². The van der Waals surface area contributed by atoms with Gasteiger partial charge in [-0.2, -0.15) is 0 Å². The molecule has 2 amide bonds. The number of hydrogen-bond donors (Lipinski definition) is 3. The van der Waals surface area contributed by atoms with Crippen molar-refractivity contribution in [2.45, 2.75) is 32.3 Å². The maximum Gasteiger partial charge on any atom is 0.253 e. The van der Waals surface area contributed by atoms with Gasteiger partial charge in [0, 0.05) is 53.8 Å². The van der Waals surface area contributed by atoms with Crippen LogP contribution in [-0.4, -0.2) is 46.0 Å². The molecule has 1 aromatic heterocycles. The Labute approximate surface area is 181 Å². The molecule has 1 saturated heterocycles. The summed E-state index contributed by atoms with van der Waals surface area (Å²) in [5, 5.41) is 14.0. The molecule has 1 aliphatic heterocycles. The molecule has 1 aliphatic carbocycles. The number of carbonyl (C=O) groups is 2. The molecule has 6 heteroatoms. The number of hydrogen-bond acceptors (Lipinski definition) is 3. The number of aromatic amines is 1. The number of amides is 2. The second kappa shape index (κ2) is 7.85. The van der Waals surface area contributed by atoms with Crippen molar-refractivity contribution >= 4 is 28.4 Å². The first-order valence-corrected chi connectivity index (χ1v) is 10.9. The molecule has 2 heterocycles. The minimum absolute atomic E-state index is 0.0316. The summed E-state index contributed by atoms with van der Waals surface area (Å²) in [5.41, 5.74) is 4.37. The highest BCUT2D eigenvalue weighted by Gasteiger charge is 2.47. The number of aromatic nitrogens is 1. The van der Waals surface area contributed by atoms with Crippen molar-refractivity contribution in [3.63, 3.8) is 0 Å². The Morgan fingerprint density at radius 3 is 2.84 bits per heavy atom. The molecule has 0 radical (unpaired) electrons. The summed E-state index contributed by atoms with van der Waals surface area (Å²) >= 11 is 0. The monoisotopic (exact) mass is 417 g/mol. The van der Waals surface area contributed by atoms with Gasteiger partial charge >= 0.3 is 0 Å². The zero-order chi connectivity index (χ0) is 21.5. The van der Waals surface area contributed by atoms with E-state index in [1.165, 1.54) is 0 Å². The Morgan fingerprint density at radius 2 is 2.03 bits per heavy atom. The first-order valence-electron chi connectivity index (χ1n) is 10.9. The number of rotatable bonds is 5. The van der Waals surface area contributed by atoms with Gasteiger partial charge in [0.15, 0.2) is 0 Å². The van der Waals surface area contributed by atoms with Gasteiger partial charge in [-0.1, -0.05) is 24.3 Å². The van der Waals surface area contributed by atoms with E-state index in [2.05, 4.69) is 16.4 Å². The maximum atomic E-state index is 13.0. The lowest BCUT2D eigenvalue weighted by Crippen LogP contribution is -2.39. The van der Waals surface area contributed by atoms with Crippen LogP contribution >= 0.6 is 0 Å². The van der Waals surface area contributed by atoms with Crippen molar-refractivity contribution in [2.24, 2.45) is 11.8 Å². The molecule has 2 aromatic carbocycles. The van der Waals surface area contributed by atoms with E-state index in [-0.39, 0.29) is 23.8 Å². The number of nitrogens with one attached hydrogen (secondary N) is 2. The number of anilines is 1. The highest BCUT2D eigenvalue weighted by molar-refractivity contribution is 5.98. The molecule has 0 unspecified atom stereocenters. The Morgan fingerprint density at radius 1 is 1.19 bits per heavy atom. The van der Waals surface area contributed by atoms with Crippen molar-refractivity contribution in [1.82, 2.24) is 9.88 Å². The van der Waals surface area contributed by atoms with Gasteiger partial charge in [-0.25, -0.2) is 0 Å². The Hall–Kier alpha value is -3.12. The van der Waals surface area contributed by atoms with Gasteiger partial charge in [-0.3, -0.25) is 9.59 Å². The fraction of sp³-hybridized carbons (Fsp3) is 0.360. The summed E-state index contributed by atoms with van der Waals surface area (Å²) in [6.07, 6.45) is 3.50. The van der Waals surface area contributed by atoms with Crippen LogP contribution in [0.4, 0.5) is 5.69 Å². The summed E-state index contributed by atoms with van der Waals surface area (Å²) in [7, 11) is 0. The van der Waals surface area contributed by atoms with Crippen LogP contribution in [-0.2, 0) is 11.2 Å². The number of aryl methyl sites for hydroxylation is 2. The molecule has 3 atom stereocenters. The second-order valence-corrected chi connectivity index (χ2v) is 8.87. The third kappa shape index (κ3) is 3.72. The smallest absolute Gasteiger partial charge is 0.253 e. The maximum absolute atomic E-state index is 13.0. The Kier molecular flexibility index (Phi) is 5.02. The fourth-order valence-corrected chi connectivity index (χ4v) is 4.91. The summed E-state index contributed by atoms with van der Waals surface area (Å²) in [6, 6.07) is 13.5. The quantitative estimate of drug-likeness (QED) is 0.594. The standard InChI is InChI=1S/C25H27N3O3/c1-15-6-7-16(25(31)28-13-18-11-23(29)20(18)14-28)10-22(15)27-24(30)9-8-17-12-26-21-5-3-2-4-19(17)21/h2-7,10,12,18,20,23,26,29H,8-9,11,13-14H2,1H3,(H,27,30)/t18-,20+,23-/m0/s1. The number of para-hydroxylation sites is 1. The third-order valence-corrected chi connectivity index (χ3v) is 6.87. The van der Waals surface area contributed by atoms with Crippen LogP contribution in [0.1, 0.15) is 34.3 Å². The van der Waals surface area contributed by atoms with Gasteiger partial charge in [-0.15, -0.1) is 0 Å². The average Bonchev–Trinajstić information content (AvgIpc) is 3.34. The number of fused-ring (bicyclic) bond motifs is 2. The molecule has 2 aliphatic rings. The van der Waals surface area contributed by atoms with Crippen LogP contribution in [0.15, 0.2) is 48.7 Å². The van der Waals surface area contributed by atoms with E-state index in [0.717, 1.165) is 28.5 Å². The lowest BCUT2D eigenvalue weighted by atomic mass is 9.74. The number of likely N-dealkylation sites (tertiary alicyclic amines) is 1. The van der Waals surface area contributed by atoms with E-state index < -0.39 is 0 Å². The normalized spacial score (nSPS) is 22.3. The van der Waals surface area contributed by atoms with Crippen molar-refractivity contribution in [1.29, 1.82) is 0 Å². The summed E-state index contributed by atoms with van der Waals surface area (Å²) in [4.78, 5) is 30.6. The number of carbonyl (C=O) groups excluding carboxylic acids is 2. The molecule has 5 rings (SSSR count). The Balaban J connectivity index is 1.24. The minimum Gasteiger partial charge on any atom is -0.393 e. The fourth-order valence-electron chi connectivity index (χ4n) is 4.91. The lowest BCUT2D eigenvalue weighted by Gasteiger charge is -2.34. The molecular weight excluding hydrogens is 390 g/mol. The van der Waals surface area contributed by atoms with E-state index in [0.29, 0.717) is 43.1 Å². The molecule has 1 saturated carbocycles. The molecule has 3 N–H and O–H groups in total. The SMILES string of the molecule is Cc1ccc(C(=O)N2C[C@@H]3C[C@H](O)[C@@H]3C2)cc1NC(=O)CCc1c[nH]c2ccccc12. The van der Waals surface area contributed by atoms with Gasteiger partial charge in [0.05, 0.1) is 6.10 Å². The van der Waals surface area contributed by atoms with E-state index in [1.807, 2.05) is 48.4 Å². The predicted molar refractivity (Wildman–Crippen MR) is 120 cm³/mol. The summed E-state index contributed by atoms with van der Waals surface area (Å²) in [6.45, 7) is 3.25. The molecular formula is C25H27N3O3. The van der Waals surface area contributed by atoms with Crippen LogP contribution in [0.25, 0.3) is 10.9 Å². The van der Waals surface area contributed by atoms with Crippen LogP contribution in [0.2, 0.25) is 0 Å². The van der Waals surface area contributed by atoms with E-state index in [4.69, 9.17) is 0 Å². The Bertz CT molecular complexity index is 1150. The zero-order valence-corrected chi connectivity index (χ0v) is 17.6. The molecule has 2 fully saturated rings. The van der Waals surface area contributed by atoms with Crippen LogP contribution in [0.3, 0.4) is 0 Å². The van der Waals surface area contributed by atoms with Gasteiger partial charge in [0.2, 0.25) is 5.91 Å². The van der Waals surface area contributed by atoms with Crippen LogP contribution in [0, 0.1) is 18.8 Å². The molecule has 160 valence electrons. The predicted octanol–water partition coefficient (Wildman–Crippen LogP) is 3.50. The molecule has 31 heavy (non-hydrogen) atoms. The number of nitrogens with zero attached hydrogens (tertiary/aromatic N) is 1. The zero-order valence-electron chi connectivity index (χ0n) is 17.6. The van der Waals surface area contributed by atoms with Crippen LogP contribution < -0.4 is 5.32 Å². The third-order valence-electron chi connectivity index (χ3n) is 6.87. The van der Waals surface area contributed by atoms with E-state index >= 15 is 0 Å². The van der Waals surface area contributed by atoms with Crippen molar-refractivity contribution in [2.75, 3.05) is 18.4 Å². The van der Waals surface area contributed by atoms with Crippen molar-refractivity contribution in [3.8, 4) is 0 Å². The minimum atomic E-state index is -0.271. The molecule has 6 nitrogen and oxygen atoms in total. The first-order chi connectivity index (χ1) is 15.0. The van der Waals surface area contributed by atoms with Crippen LogP contribution in [0.5, 0.6) is 0 Å². The summed E-state index contributed by atoms with van der Waals surface area (Å²) < 4.78 is 0. The van der Waals surface area contributed by atoms with E-state index in [9.17, 15) is 14.7 Å².